The normalized spacial score (nSPS) is 15.5. The first-order chi connectivity index (χ1) is 17.6. The number of Topliss-reactive ketones (excluding diaryl/α,β-unsaturated/α-hetero) is 1. The van der Waals surface area contributed by atoms with Crippen molar-refractivity contribution in [1.29, 1.82) is 0 Å². The Labute approximate surface area is 223 Å². The Morgan fingerprint density at radius 3 is 1.73 bits per heavy atom. The second-order valence-electron chi connectivity index (χ2n) is 11.1. The highest BCUT2D eigenvalue weighted by Gasteiger charge is 2.52. The van der Waals surface area contributed by atoms with Gasteiger partial charge in [0.15, 0.2) is 0 Å². The van der Waals surface area contributed by atoms with Crippen LogP contribution < -0.4 is 10.4 Å². The van der Waals surface area contributed by atoms with E-state index in [9.17, 15) is 9.90 Å². The van der Waals surface area contributed by atoms with Gasteiger partial charge in [-0.1, -0.05) is 126 Å². The number of hydrogen-bond donors (Lipinski definition) is 1. The number of carbonyl (C=O) groups excluding carboxylic acids is 1. The molecule has 0 saturated heterocycles. The molecule has 0 aliphatic rings. The quantitative estimate of drug-likeness (QED) is 0.328. The van der Waals surface area contributed by atoms with Crippen LogP contribution >= 0.6 is 0 Å². The molecule has 3 rings (SSSR count). The SMILES string of the molecule is C[C@H](O[Si](c1ccccc1)(c1ccccc1)C(C)(C)C)[C@H](O)[C@@H](C)C(=O)[C@@H](C)COCc1ccccc1. The Morgan fingerprint density at radius 1 is 0.811 bits per heavy atom. The van der Waals surface area contributed by atoms with Crippen molar-refractivity contribution in [2.45, 2.75) is 65.4 Å². The summed E-state index contributed by atoms with van der Waals surface area (Å²) in [7, 11) is -2.84. The summed E-state index contributed by atoms with van der Waals surface area (Å²) >= 11 is 0. The third-order valence-corrected chi connectivity index (χ3v) is 12.3. The summed E-state index contributed by atoms with van der Waals surface area (Å²) in [6.07, 6.45) is -1.48. The summed E-state index contributed by atoms with van der Waals surface area (Å²) in [6, 6.07) is 30.6. The van der Waals surface area contributed by atoms with Gasteiger partial charge < -0.3 is 14.3 Å². The highest BCUT2D eigenvalue weighted by molar-refractivity contribution is 6.99. The predicted molar refractivity (Wildman–Crippen MR) is 154 cm³/mol. The smallest absolute Gasteiger partial charge is 0.261 e. The van der Waals surface area contributed by atoms with Crippen LogP contribution in [0, 0.1) is 11.8 Å². The summed E-state index contributed by atoms with van der Waals surface area (Å²) in [5.41, 5.74) is 1.07. The van der Waals surface area contributed by atoms with Crippen molar-refractivity contribution in [2.24, 2.45) is 11.8 Å². The van der Waals surface area contributed by atoms with Gasteiger partial charge in [0.2, 0.25) is 0 Å². The average molecular weight is 519 g/mol. The third kappa shape index (κ3) is 6.85. The van der Waals surface area contributed by atoms with Crippen molar-refractivity contribution in [3.8, 4) is 0 Å². The van der Waals surface area contributed by atoms with Gasteiger partial charge >= 0.3 is 0 Å². The molecule has 198 valence electrons. The molecule has 0 spiro atoms. The fourth-order valence-corrected chi connectivity index (χ4v) is 9.79. The van der Waals surface area contributed by atoms with Gasteiger partial charge in [0.1, 0.15) is 5.78 Å². The molecule has 0 aromatic heterocycles. The summed E-state index contributed by atoms with van der Waals surface area (Å²) < 4.78 is 12.8. The molecule has 37 heavy (non-hydrogen) atoms. The van der Waals surface area contributed by atoms with Crippen molar-refractivity contribution in [1.82, 2.24) is 0 Å². The molecule has 3 aromatic carbocycles. The van der Waals surface area contributed by atoms with Crippen molar-refractivity contribution in [3.05, 3.63) is 96.6 Å². The van der Waals surface area contributed by atoms with Crippen LogP contribution in [0.1, 0.15) is 47.1 Å². The molecule has 3 aromatic rings. The minimum atomic E-state index is -2.84. The molecule has 1 N–H and O–H groups in total. The number of carbonyl (C=O) groups is 1. The minimum Gasteiger partial charge on any atom is -0.402 e. The van der Waals surface area contributed by atoms with Gasteiger partial charge in [-0.05, 0) is 27.9 Å². The van der Waals surface area contributed by atoms with Crippen LogP contribution in [0.2, 0.25) is 5.04 Å². The fourth-order valence-electron chi connectivity index (χ4n) is 5.07. The molecule has 0 unspecified atom stereocenters. The number of ether oxygens (including phenoxy) is 1. The molecule has 5 heteroatoms. The molecule has 4 atom stereocenters. The minimum absolute atomic E-state index is 0.0153. The first-order valence-electron chi connectivity index (χ1n) is 13.2. The van der Waals surface area contributed by atoms with Crippen LogP contribution in [0.3, 0.4) is 0 Å². The maximum Gasteiger partial charge on any atom is 0.261 e. The molecule has 0 heterocycles. The number of aliphatic hydroxyl groups is 1. The Morgan fingerprint density at radius 2 is 1.27 bits per heavy atom. The number of ketones is 1. The number of benzene rings is 3. The molecule has 0 saturated carbocycles. The van der Waals surface area contributed by atoms with Gasteiger partial charge in [0.05, 0.1) is 25.4 Å². The van der Waals surface area contributed by atoms with Gasteiger partial charge in [0.25, 0.3) is 8.32 Å². The monoisotopic (exact) mass is 518 g/mol. The second kappa shape index (κ2) is 12.8. The van der Waals surface area contributed by atoms with E-state index in [0.717, 1.165) is 15.9 Å². The maximum atomic E-state index is 13.2. The van der Waals surface area contributed by atoms with Crippen molar-refractivity contribution in [2.75, 3.05) is 6.61 Å². The molecular formula is C32H42O4Si. The fraction of sp³-hybridized carbons (Fsp3) is 0.406. The van der Waals surface area contributed by atoms with Gasteiger partial charge in [0, 0.05) is 11.8 Å². The molecule has 4 nitrogen and oxygen atoms in total. The summed E-state index contributed by atoms with van der Waals surface area (Å²) in [4.78, 5) is 13.2. The number of hydrogen-bond acceptors (Lipinski definition) is 4. The second-order valence-corrected chi connectivity index (χ2v) is 15.3. The standard InChI is InChI=1S/C32H42O4Si/c1-24(22-35-23-27-16-10-7-11-17-27)30(33)25(2)31(34)26(3)36-37(32(4,5)6,28-18-12-8-13-19-28)29-20-14-9-15-21-29/h7-21,24-26,31,34H,22-23H2,1-6H3/t24-,25-,26-,31+/m0/s1. The van der Waals surface area contributed by atoms with E-state index in [1.54, 1.807) is 6.92 Å². The lowest BCUT2D eigenvalue weighted by Gasteiger charge is -2.45. The first-order valence-corrected chi connectivity index (χ1v) is 15.1. The van der Waals surface area contributed by atoms with Crippen molar-refractivity contribution < 1.29 is 19.1 Å². The van der Waals surface area contributed by atoms with Crippen LogP contribution in [-0.4, -0.2) is 38.0 Å². The Kier molecular flexibility index (Phi) is 10.0. The molecule has 0 aliphatic carbocycles. The number of aliphatic hydroxyl groups excluding tert-OH is 1. The molecular weight excluding hydrogens is 476 g/mol. The molecule has 0 amide bonds. The van der Waals surface area contributed by atoms with E-state index in [2.05, 4.69) is 45.0 Å². The molecule has 0 bridgehead atoms. The zero-order chi connectivity index (χ0) is 27.1. The van der Waals surface area contributed by atoms with Gasteiger partial charge in [-0.3, -0.25) is 4.79 Å². The van der Waals surface area contributed by atoms with Crippen LogP contribution in [0.5, 0.6) is 0 Å². The lowest BCUT2D eigenvalue weighted by atomic mass is 9.89. The Hall–Kier alpha value is -2.57. The lowest BCUT2D eigenvalue weighted by Crippen LogP contribution is -2.68. The van der Waals surface area contributed by atoms with E-state index in [1.165, 1.54) is 0 Å². The van der Waals surface area contributed by atoms with Crippen LogP contribution in [0.4, 0.5) is 0 Å². The van der Waals surface area contributed by atoms with E-state index >= 15 is 0 Å². The van der Waals surface area contributed by atoms with E-state index in [0.29, 0.717) is 13.2 Å². The first kappa shape index (κ1) is 29.0. The molecule has 0 fully saturated rings. The number of rotatable bonds is 12. The summed E-state index contributed by atoms with van der Waals surface area (Å²) in [6.45, 7) is 13.0. The summed E-state index contributed by atoms with van der Waals surface area (Å²) in [5, 5.41) is 13.4. The highest BCUT2D eigenvalue weighted by atomic mass is 28.4. The average Bonchev–Trinajstić information content (AvgIpc) is 2.91. The maximum absolute atomic E-state index is 13.2. The Balaban J connectivity index is 1.78. The molecule has 0 radical (unpaired) electrons. The van der Waals surface area contributed by atoms with Gasteiger partial charge in [-0.15, -0.1) is 0 Å². The topological polar surface area (TPSA) is 55.8 Å². The lowest BCUT2D eigenvalue weighted by molar-refractivity contribution is -0.133. The van der Waals surface area contributed by atoms with E-state index in [1.807, 2.05) is 80.6 Å². The predicted octanol–water partition coefficient (Wildman–Crippen LogP) is 5.37. The van der Waals surface area contributed by atoms with Crippen molar-refractivity contribution in [3.63, 3.8) is 0 Å². The van der Waals surface area contributed by atoms with Crippen LogP contribution in [0.15, 0.2) is 91.0 Å². The van der Waals surface area contributed by atoms with Crippen LogP contribution in [-0.2, 0) is 20.6 Å². The largest absolute Gasteiger partial charge is 0.402 e. The highest BCUT2D eigenvalue weighted by Crippen LogP contribution is 2.38. The van der Waals surface area contributed by atoms with Gasteiger partial charge in [-0.25, -0.2) is 0 Å². The zero-order valence-electron chi connectivity index (χ0n) is 23.1. The van der Waals surface area contributed by atoms with E-state index < -0.39 is 26.4 Å². The molecule has 0 aliphatic heterocycles. The van der Waals surface area contributed by atoms with Gasteiger partial charge in [-0.2, -0.15) is 0 Å². The van der Waals surface area contributed by atoms with Crippen LogP contribution in [0.25, 0.3) is 0 Å². The Bertz CT molecular complexity index is 1060. The third-order valence-electron chi connectivity index (χ3n) is 7.19. The van der Waals surface area contributed by atoms with Crippen molar-refractivity contribution >= 4 is 24.5 Å². The zero-order valence-corrected chi connectivity index (χ0v) is 24.1. The van der Waals surface area contributed by atoms with E-state index in [-0.39, 0.29) is 16.7 Å². The summed E-state index contributed by atoms with van der Waals surface area (Å²) in [5.74, 6) is -0.921. The van der Waals surface area contributed by atoms with E-state index in [4.69, 9.17) is 9.16 Å².